The number of hydrogen-bond acceptors (Lipinski definition) is 5. The molecule has 1 aliphatic heterocycles. The van der Waals surface area contributed by atoms with Gasteiger partial charge in [0.05, 0.1) is 13.2 Å². The highest BCUT2D eigenvalue weighted by Crippen LogP contribution is 2.19. The normalized spacial score (nSPS) is 14.2. The molecular weight excluding hydrogens is 328 g/mol. The second-order valence-electron chi connectivity index (χ2n) is 6.18. The molecule has 0 spiro atoms. The number of aromatic nitrogens is 1. The summed E-state index contributed by atoms with van der Waals surface area (Å²) in [5.74, 6) is 0.690. The molecule has 1 aromatic carbocycles. The summed E-state index contributed by atoms with van der Waals surface area (Å²) in [5.41, 5.74) is 2.55. The molecule has 3 rings (SSSR count). The molecule has 2 heterocycles. The summed E-state index contributed by atoms with van der Waals surface area (Å²) >= 11 is 0. The average molecular weight is 354 g/mol. The number of carbonyl (C=O) groups excluding carboxylic acids is 1. The third-order valence-corrected chi connectivity index (χ3v) is 4.60. The summed E-state index contributed by atoms with van der Waals surface area (Å²) in [4.78, 5) is 21.4. The van der Waals surface area contributed by atoms with Gasteiger partial charge in [-0.05, 0) is 50.2 Å². The number of ether oxygens (including phenoxy) is 1. The van der Waals surface area contributed by atoms with Crippen molar-refractivity contribution in [2.24, 2.45) is 0 Å². The van der Waals surface area contributed by atoms with Gasteiger partial charge in [-0.15, -0.1) is 0 Å². The Morgan fingerprint density at radius 3 is 2.50 bits per heavy atom. The molecule has 1 fully saturated rings. The summed E-state index contributed by atoms with van der Waals surface area (Å²) in [5, 5.41) is 2.96. The molecule has 2 aromatic rings. The molecule has 1 aliphatic rings. The van der Waals surface area contributed by atoms with Crippen molar-refractivity contribution in [3.63, 3.8) is 0 Å². The van der Waals surface area contributed by atoms with Gasteiger partial charge in [0.2, 0.25) is 0 Å². The smallest absolute Gasteiger partial charge is 0.255 e. The van der Waals surface area contributed by atoms with E-state index in [0.717, 1.165) is 43.4 Å². The number of nitrogens with one attached hydrogen (secondary N) is 1. The first-order valence-corrected chi connectivity index (χ1v) is 9.16. The maximum atomic E-state index is 12.6. The largest absolute Gasteiger partial charge is 0.378 e. The van der Waals surface area contributed by atoms with Gasteiger partial charge >= 0.3 is 0 Å². The van der Waals surface area contributed by atoms with E-state index in [0.29, 0.717) is 18.8 Å². The van der Waals surface area contributed by atoms with Gasteiger partial charge in [-0.2, -0.15) is 0 Å². The Balaban J connectivity index is 1.68. The van der Waals surface area contributed by atoms with Gasteiger partial charge in [0.15, 0.2) is 0 Å². The monoisotopic (exact) mass is 354 g/mol. The lowest BCUT2D eigenvalue weighted by Crippen LogP contribution is -2.36. The van der Waals surface area contributed by atoms with Crippen LogP contribution in [0.2, 0.25) is 0 Å². The van der Waals surface area contributed by atoms with E-state index in [2.05, 4.69) is 33.9 Å². The molecule has 0 aliphatic carbocycles. The van der Waals surface area contributed by atoms with Crippen molar-refractivity contribution < 1.29 is 9.53 Å². The molecule has 1 aromatic heterocycles. The van der Waals surface area contributed by atoms with Crippen LogP contribution in [0.5, 0.6) is 0 Å². The fourth-order valence-electron chi connectivity index (χ4n) is 3.07. The van der Waals surface area contributed by atoms with Crippen LogP contribution in [0, 0.1) is 0 Å². The molecule has 1 N–H and O–H groups in total. The van der Waals surface area contributed by atoms with Gasteiger partial charge in [-0.25, -0.2) is 4.98 Å². The van der Waals surface area contributed by atoms with Crippen molar-refractivity contribution in [3.8, 4) is 0 Å². The number of morpholine rings is 1. The van der Waals surface area contributed by atoms with E-state index in [1.54, 1.807) is 12.3 Å². The summed E-state index contributed by atoms with van der Waals surface area (Å²) in [6.45, 7) is 9.17. The van der Waals surface area contributed by atoms with Crippen molar-refractivity contribution in [3.05, 3.63) is 48.2 Å². The number of pyridine rings is 1. The van der Waals surface area contributed by atoms with Crippen LogP contribution in [0.3, 0.4) is 0 Å². The molecule has 0 radical (unpaired) electrons. The van der Waals surface area contributed by atoms with Crippen LogP contribution in [-0.2, 0) is 4.74 Å². The van der Waals surface area contributed by atoms with E-state index < -0.39 is 0 Å². The zero-order chi connectivity index (χ0) is 18.4. The lowest BCUT2D eigenvalue weighted by molar-refractivity contribution is 0.102. The van der Waals surface area contributed by atoms with Gasteiger partial charge in [-0.3, -0.25) is 4.79 Å². The molecule has 138 valence electrons. The van der Waals surface area contributed by atoms with Crippen LogP contribution in [0.1, 0.15) is 24.2 Å². The quantitative estimate of drug-likeness (QED) is 0.864. The SMILES string of the molecule is CCN(CC)c1ccc(NC(=O)c2ccnc(N3CCOCC3)c2)cc1. The Kier molecular flexibility index (Phi) is 6.07. The Morgan fingerprint density at radius 1 is 1.15 bits per heavy atom. The first-order chi connectivity index (χ1) is 12.7. The van der Waals surface area contributed by atoms with E-state index in [4.69, 9.17) is 4.74 Å². The lowest BCUT2D eigenvalue weighted by atomic mass is 10.2. The van der Waals surface area contributed by atoms with Gasteiger partial charge in [0.1, 0.15) is 5.82 Å². The number of nitrogens with zero attached hydrogens (tertiary/aromatic N) is 3. The number of hydrogen-bond donors (Lipinski definition) is 1. The molecule has 6 heteroatoms. The first kappa shape index (κ1) is 18.2. The molecule has 26 heavy (non-hydrogen) atoms. The maximum absolute atomic E-state index is 12.6. The second-order valence-corrected chi connectivity index (χ2v) is 6.18. The number of amides is 1. The average Bonchev–Trinajstić information content (AvgIpc) is 2.71. The zero-order valence-corrected chi connectivity index (χ0v) is 15.4. The van der Waals surface area contributed by atoms with Crippen molar-refractivity contribution in [2.75, 3.05) is 54.5 Å². The summed E-state index contributed by atoms with van der Waals surface area (Å²) in [6.07, 6.45) is 1.68. The number of carbonyl (C=O) groups is 1. The molecule has 0 unspecified atom stereocenters. The van der Waals surface area contributed by atoms with Crippen LogP contribution < -0.4 is 15.1 Å². The van der Waals surface area contributed by atoms with Crippen molar-refractivity contribution in [1.29, 1.82) is 0 Å². The van der Waals surface area contributed by atoms with E-state index in [-0.39, 0.29) is 5.91 Å². The van der Waals surface area contributed by atoms with E-state index in [9.17, 15) is 4.79 Å². The van der Waals surface area contributed by atoms with Gasteiger partial charge < -0.3 is 19.9 Å². The summed E-state index contributed by atoms with van der Waals surface area (Å²) in [6, 6.07) is 11.5. The molecular formula is C20H26N4O2. The minimum Gasteiger partial charge on any atom is -0.378 e. The van der Waals surface area contributed by atoms with Crippen LogP contribution >= 0.6 is 0 Å². The Hall–Kier alpha value is -2.60. The van der Waals surface area contributed by atoms with E-state index in [1.165, 1.54) is 0 Å². The van der Waals surface area contributed by atoms with Crippen LogP contribution in [0.25, 0.3) is 0 Å². The highest BCUT2D eigenvalue weighted by molar-refractivity contribution is 6.04. The second kappa shape index (κ2) is 8.67. The van der Waals surface area contributed by atoms with Crippen LogP contribution in [-0.4, -0.2) is 50.3 Å². The van der Waals surface area contributed by atoms with E-state index in [1.807, 2.05) is 30.3 Å². The lowest BCUT2D eigenvalue weighted by Gasteiger charge is -2.27. The Bertz CT molecular complexity index is 723. The Morgan fingerprint density at radius 2 is 1.85 bits per heavy atom. The summed E-state index contributed by atoms with van der Waals surface area (Å²) in [7, 11) is 0. The topological polar surface area (TPSA) is 57.7 Å². The van der Waals surface area contributed by atoms with Gasteiger partial charge in [-0.1, -0.05) is 0 Å². The highest BCUT2D eigenvalue weighted by Gasteiger charge is 2.15. The number of rotatable bonds is 6. The fraction of sp³-hybridized carbons (Fsp3) is 0.400. The molecule has 6 nitrogen and oxygen atoms in total. The highest BCUT2D eigenvalue weighted by atomic mass is 16.5. The van der Waals surface area contributed by atoms with Crippen molar-refractivity contribution in [2.45, 2.75) is 13.8 Å². The fourth-order valence-corrected chi connectivity index (χ4v) is 3.07. The third kappa shape index (κ3) is 4.32. The molecule has 0 bridgehead atoms. The summed E-state index contributed by atoms with van der Waals surface area (Å²) < 4.78 is 5.37. The molecule has 0 atom stereocenters. The predicted molar refractivity (Wildman–Crippen MR) is 105 cm³/mol. The number of anilines is 3. The molecule has 0 saturated carbocycles. The Labute approximate surface area is 154 Å². The van der Waals surface area contributed by atoms with Crippen LogP contribution in [0.4, 0.5) is 17.2 Å². The van der Waals surface area contributed by atoms with Crippen LogP contribution in [0.15, 0.2) is 42.6 Å². The minimum atomic E-state index is -0.127. The van der Waals surface area contributed by atoms with Gasteiger partial charge in [0.25, 0.3) is 5.91 Å². The minimum absolute atomic E-state index is 0.127. The predicted octanol–water partition coefficient (Wildman–Crippen LogP) is 3.02. The van der Waals surface area contributed by atoms with Crippen molar-refractivity contribution >= 4 is 23.1 Å². The molecule has 1 saturated heterocycles. The van der Waals surface area contributed by atoms with Crippen molar-refractivity contribution in [1.82, 2.24) is 4.98 Å². The number of benzene rings is 1. The standard InChI is InChI=1S/C20H26N4O2/c1-3-23(4-2)18-7-5-17(6-8-18)22-20(25)16-9-10-21-19(15-16)24-11-13-26-14-12-24/h5-10,15H,3-4,11-14H2,1-2H3,(H,22,25). The van der Waals surface area contributed by atoms with E-state index >= 15 is 0 Å². The molecule has 1 amide bonds. The van der Waals surface area contributed by atoms with Gasteiger partial charge in [0, 0.05) is 49.3 Å². The maximum Gasteiger partial charge on any atom is 0.255 e. The third-order valence-electron chi connectivity index (χ3n) is 4.60. The first-order valence-electron chi connectivity index (χ1n) is 9.16. The zero-order valence-electron chi connectivity index (χ0n) is 15.4.